The third-order valence-corrected chi connectivity index (χ3v) is 4.52. The van der Waals surface area contributed by atoms with Crippen molar-refractivity contribution < 1.29 is 4.74 Å². The van der Waals surface area contributed by atoms with Crippen LogP contribution in [-0.2, 0) is 11.3 Å². The minimum absolute atomic E-state index is 0.457. The zero-order valence-corrected chi connectivity index (χ0v) is 11.6. The summed E-state index contributed by atoms with van der Waals surface area (Å²) in [4.78, 5) is 2.52. The Bertz CT molecular complexity index is 463. The molecular weight excluding hydrogens is 248 g/mol. The van der Waals surface area contributed by atoms with Gasteiger partial charge in [0.05, 0.1) is 12.7 Å². The van der Waals surface area contributed by atoms with E-state index in [1.54, 1.807) is 0 Å². The molecule has 0 radical (unpaired) electrons. The van der Waals surface area contributed by atoms with E-state index < -0.39 is 0 Å². The summed E-state index contributed by atoms with van der Waals surface area (Å²) < 4.78 is 5.64. The van der Waals surface area contributed by atoms with Crippen molar-refractivity contribution in [3.63, 3.8) is 0 Å². The Kier molecular flexibility index (Phi) is 3.22. The quantitative estimate of drug-likeness (QED) is 0.910. The second-order valence-electron chi connectivity index (χ2n) is 5.27. The lowest BCUT2D eigenvalue weighted by molar-refractivity contribution is 0.0272. The SMILES string of the molecule is CNc1cc(Cl)c(C)c(CN2CC3CC2CO3)c1. The number of hydrogen-bond acceptors (Lipinski definition) is 3. The molecule has 0 spiro atoms. The van der Waals surface area contributed by atoms with Gasteiger partial charge in [0.2, 0.25) is 0 Å². The van der Waals surface area contributed by atoms with Crippen LogP contribution in [0.2, 0.25) is 5.02 Å². The molecule has 2 unspecified atom stereocenters. The standard InChI is InChI=1S/C14H19ClN2O/c1-9-10(3-11(16-2)4-14(9)15)6-17-7-13-5-12(17)8-18-13/h3-4,12-13,16H,5-8H2,1-2H3. The first-order valence-corrected chi connectivity index (χ1v) is 6.87. The molecule has 2 aliphatic heterocycles. The van der Waals surface area contributed by atoms with Gasteiger partial charge in [0.1, 0.15) is 0 Å². The first-order valence-electron chi connectivity index (χ1n) is 6.50. The summed E-state index contributed by atoms with van der Waals surface area (Å²) in [5.74, 6) is 0. The van der Waals surface area contributed by atoms with Gasteiger partial charge in [-0.1, -0.05) is 11.6 Å². The topological polar surface area (TPSA) is 24.5 Å². The molecule has 4 heteroatoms. The number of fused-ring (bicyclic) bond motifs is 2. The van der Waals surface area contributed by atoms with E-state index >= 15 is 0 Å². The van der Waals surface area contributed by atoms with Gasteiger partial charge in [-0.15, -0.1) is 0 Å². The fraction of sp³-hybridized carbons (Fsp3) is 0.571. The normalized spacial score (nSPS) is 26.8. The summed E-state index contributed by atoms with van der Waals surface area (Å²) in [7, 11) is 1.93. The molecule has 0 saturated carbocycles. The van der Waals surface area contributed by atoms with Crippen molar-refractivity contribution in [1.82, 2.24) is 4.90 Å². The van der Waals surface area contributed by atoms with Gasteiger partial charge in [0, 0.05) is 36.9 Å². The summed E-state index contributed by atoms with van der Waals surface area (Å²) in [5.41, 5.74) is 3.60. The molecule has 1 N–H and O–H groups in total. The zero-order valence-electron chi connectivity index (χ0n) is 10.9. The molecule has 0 aliphatic carbocycles. The van der Waals surface area contributed by atoms with Crippen LogP contribution in [0.1, 0.15) is 17.5 Å². The number of hydrogen-bond donors (Lipinski definition) is 1. The van der Waals surface area contributed by atoms with Crippen LogP contribution in [0.15, 0.2) is 12.1 Å². The number of rotatable bonds is 3. The van der Waals surface area contributed by atoms with Crippen molar-refractivity contribution in [2.75, 3.05) is 25.5 Å². The van der Waals surface area contributed by atoms with Crippen LogP contribution in [0.25, 0.3) is 0 Å². The maximum Gasteiger partial charge on any atom is 0.0718 e. The molecule has 1 aromatic carbocycles. The van der Waals surface area contributed by atoms with Crippen LogP contribution in [0.5, 0.6) is 0 Å². The number of nitrogens with zero attached hydrogens (tertiary/aromatic N) is 1. The van der Waals surface area contributed by atoms with Gasteiger partial charge >= 0.3 is 0 Å². The van der Waals surface area contributed by atoms with E-state index in [0.717, 1.165) is 30.4 Å². The van der Waals surface area contributed by atoms with E-state index in [1.807, 2.05) is 13.1 Å². The fourth-order valence-corrected chi connectivity index (χ4v) is 3.17. The molecule has 2 bridgehead atoms. The van der Waals surface area contributed by atoms with Gasteiger partial charge in [0.15, 0.2) is 0 Å². The van der Waals surface area contributed by atoms with Gasteiger partial charge in [-0.2, -0.15) is 0 Å². The molecule has 2 atom stereocenters. The van der Waals surface area contributed by atoms with Crippen LogP contribution in [-0.4, -0.2) is 37.2 Å². The molecule has 3 rings (SSSR count). The smallest absolute Gasteiger partial charge is 0.0718 e. The van der Waals surface area contributed by atoms with Gasteiger partial charge in [0.25, 0.3) is 0 Å². The maximum absolute atomic E-state index is 6.28. The third kappa shape index (κ3) is 2.11. The van der Waals surface area contributed by atoms with E-state index in [1.165, 1.54) is 17.5 Å². The maximum atomic E-state index is 6.28. The van der Waals surface area contributed by atoms with E-state index in [4.69, 9.17) is 16.3 Å². The number of likely N-dealkylation sites (tertiary alicyclic amines) is 1. The van der Waals surface area contributed by atoms with Gasteiger partial charge in [-0.25, -0.2) is 0 Å². The van der Waals surface area contributed by atoms with Crippen molar-refractivity contribution in [2.24, 2.45) is 0 Å². The van der Waals surface area contributed by atoms with Crippen LogP contribution in [0, 0.1) is 6.92 Å². The van der Waals surface area contributed by atoms with Crippen molar-refractivity contribution in [3.05, 3.63) is 28.3 Å². The third-order valence-electron chi connectivity index (χ3n) is 4.13. The van der Waals surface area contributed by atoms with E-state index in [0.29, 0.717) is 12.1 Å². The Hall–Kier alpha value is -0.770. The molecule has 18 heavy (non-hydrogen) atoms. The minimum atomic E-state index is 0.457. The Labute approximate surface area is 113 Å². The van der Waals surface area contributed by atoms with Crippen molar-refractivity contribution in [2.45, 2.75) is 32.0 Å². The molecule has 2 fully saturated rings. The number of ether oxygens (including phenoxy) is 1. The lowest BCUT2D eigenvalue weighted by Gasteiger charge is -2.27. The van der Waals surface area contributed by atoms with Crippen molar-refractivity contribution in [1.29, 1.82) is 0 Å². The van der Waals surface area contributed by atoms with Gasteiger partial charge in [-0.05, 0) is 36.6 Å². The minimum Gasteiger partial charge on any atom is -0.388 e. The summed E-state index contributed by atoms with van der Waals surface area (Å²) in [6, 6.07) is 4.79. The lowest BCUT2D eigenvalue weighted by Crippen LogP contribution is -2.36. The molecule has 2 saturated heterocycles. The average molecular weight is 267 g/mol. The Morgan fingerprint density at radius 1 is 1.50 bits per heavy atom. The van der Waals surface area contributed by atoms with Gasteiger partial charge < -0.3 is 10.1 Å². The molecule has 0 amide bonds. The summed E-state index contributed by atoms with van der Waals surface area (Å²) in [6.45, 7) is 5.03. The molecule has 2 aliphatic rings. The first kappa shape index (κ1) is 12.3. The highest BCUT2D eigenvalue weighted by Crippen LogP contribution is 2.31. The monoisotopic (exact) mass is 266 g/mol. The highest BCUT2D eigenvalue weighted by molar-refractivity contribution is 6.31. The average Bonchev–Trinajstić information content (AvgIpc) is 2.96. The van der Waals surface area contributed by atoms with E-state index in [9.17, 15) is 0 Å². The fourth-order valence-electron chi connectivity index (χ4n) is 2.94. The predicted molar refractivity (Wildman–Crippen MR) is 74.3 cm³/mol. The van der Waals surface area contributed by atoms with Gasteiger partial charge in [-0.3, -0.25) is 4.90 Å². The summed E-state index contributed by atoms with van der Waals surface area (Å²) in [6.07, 6.45) is 1.65. The number of nitrogens with one attached hydrogen (secondary N) is 1. The largest absolute Gasteiger partial charge is 0.388 e. The molecule has 0 aromatic heterocycles. The molecular formula is C14H19ClN2O. The van der Waals surface area contributed by atoms with Crippen LogP contribution >= 0.6 is 11.6 Å². The number of anilines is 1. The van der Waals surface area contributed by atoms with E-state index in [-0.39, 0.29) is 0 Å². The second-order valence-corrected chi connectivity index (χ2v) is 5.67. The number of halogens is 1. The van der Waals surface area contributed by atoms with E-state index in [2.05, 4.69) is 23.2 Å². The highest BCUT2D eigenvalue weighted by atomic mass is 35.5. The van der Waals surface area contributed by atoms with Crippen LogP contribution < -0.4 is 5.32 Å². The zero-order chi connectivity index (χ0) is 12.7. The molecule has 98 valence electrons. The first-order chi connectivity index (χ1) is 8.67. The number of morpholine rings is 1. The summed E-state index contributed by atoms with van der Waals surface area (Å²) in [5, 5.41) is 4.01. The molecule has 2 heterocycles. The van der Waals surface area contributed by atoms with Crippen LogP contribution in [0.3, 0.4) is 0 Å². The predicted octanol–water partition coefficient (Wildman–Crippen LogP) is 2.66. The van der Waals surface area contributed by atoms with Crippen molar-refractivity contribution in [3.8, 4) is 0 Å². The molecule has 3 nitrogen and oxygen atoms in total. The summed E-state index contributed by atoms with van der Waals surface area (Å²) >= 11 is 6.28. The highest BCUT2D eigenvalue weighted by Gasteiger charge is 2.38. The van der Waals surface area contributed by atoms with Crippen LogP contribution in [0.4, 0.5) is 5.69 Å². The Balaban J connectivity index is 1.81. The lowest BCUT2D eigenvalue weighted by atomic mass is 10.1. The Morgan fingerprint density at radius 2 is 2.33 bits per heavy atom. The second kappa shape index (κ2) is 4.72. The van der Waals surface area contributed by atoms with Crippen molar-refractivity contribution >= 4 is 17.3 Å². The number of benzene rings is 1. The molecule has 1 aromatic rings. The Morgan fingerprint density at radius 3 is 2.94 bits per heavy atom.